The molecule has 1 rings (SSSR count). The first kappa shape index (κ1) is 10.0. The predicted molar refractivity (Wildman–Crippen MR) is 47.6 cm³/mol. The Hall–Kier alpha value is -1.07. The van der Waals surface area contributed by atoms with Crippen LogP contribution in [0.2, 0.25) is 5.15 Å². The number of rotatable bonds is 4. The van der Waals surface area contributed by atoms with E-state index in [-0.39, 0.29) is 18.9 Å². The Bertz CT molecular complexity index is 300. The van der Waals surface area contributed by atoms with Gasteiger partial charge < -0.3 is 10.8 Å². The lowest BCUT2D eigenvalue weighted by molar-refractivity contribution is -0.137. The molecule has 0 saturated carbocycles. The summed E-state index contributed by atoms with van der Waals surface area (Å²) in [5, 5.41) is 15.1. The third-order valence-corrected chi connectivity index (χ3v) is 2.07. The molecule has 0 amide bonds. The van der Waals surface area contributed by atoms with Crippen LogP contribution in [0, 0.1) is 0 Å². The van der Waals surface area contributed by atoms with Gasteiger partial charge in [-0.15, -0.1) is 0 Å². The molecule has 13 heavy (non-hydrogen) atoms. The maximum Gasteiger partial charge on any atom is 0.304 e. The molecule has 0 aliphatic carbocycles. The molecular weight excluding hydrogens is 194 g/mol. The predicted octanol–water partition coefficient (Wildman–Crippen LogP) is 0.580. The number of aromatic nitrogens is 2. The van der Waals surface area contributed by atoms with Crippen LogP contribution in [0.1, 0.15) is 17.9 Å². The number of nitrogens with one attached hydrogen (secondary N) is 1. The molecule has 0 aromatic carbocycles. The van der Waals surface area contributed by atoms with Crippen LogP contribution < -0.4 is 5.73 Å². The largest absolute Gasteiger partial charge is 0.481 e. The molecule has 0 bridgehead atoms. The molecule has 72 valence electrons. The lowest BCUT2D eigenvalue weighted by atomic mass is 9.99. The highest BCUT2D eigenvalue weighted by Crippen LogP contribution is 2.23. The Balaban J connectivity index is 2.78. The Labute approximate surface area is 79.9 Å². The number of carboxylic acids is 1. The fourth-order valence-electron chi connectivity index (χ4n) is 1.10. The number of hydrogen-bond acceptors (Lipinski definition) is 3. The molecule has 0 radical (unpaired) electrons. The zero-order valence-electron chi connectivity index (χ0n) is 6.83. The van der Waals surface area contributed by atoms with Crippen molar-refractivity contribution < 1.29 is 9.90 Å². The zero-order chi connectivity index (χ0) is 9.84. The molecule has 6 heteroatoms. The number of aromatic amines is 1. The molecule has 1 unspecified atom stereocenters. The number of carbonyl (C=O) groups is 1. The lowest BCUT2D eigenvalue weighted by Gasteiger charge is -2.09. The van der Waals surface area contributed by atoms with Crippen LogP contribution >= 0.6 is 11.6 Å². The Kier molecular flexibility index (Phi) is 3.27. The summed E-state index contributed by atoms with van der Waals surface area (Å²) >= 11 is 5.73. The van der Waals surface area contributed by atoms with Gasteiger partial charge >= 0.3 is 5.97 Å². The minimum Gasteiger partial charge on any atom is -0.481 e. The van der Waals surface area contributed by atoms with Crippen molar-refractivity contribution in [3.8, 4) is 0 Å². The van der Waals surface area contributed by atoms with Gasteiger partial charge in [-0.2, -0.15) is 5.10 Å². The Morgan fingerprint density at radius 3 is 2.92 bits per heavy atom. The van der Waals surface area contributed by atoms with Crippen LogP contribution in [0.5, 0.6) is 0 Å². The second-order valence-electron chi connectivity index (χ2n) is 2.67. The number of halogens is 1. The van der Waals surface area contributed by atoms with Gasteiger partial charge in [0.1, 0.15) is 5.15 Å². The number of hydrogen-bond donors (Lipinski definition) is 3. The molecule has 5 nitrogen and oxygen atoms in total. The first-order chi connectivity index (χ1) is 6.15. The van der Waals surface area contributed by atoms with Crippen molar-refractivity contribution in [2.24, 2.45) is 5.73 Å². The quantitative estimate of drug-likeness (QED) is 0.668. The van der Waals surface area contributed by atoms with Gasteiger partial charge in [-0.3, -0.25) is 9.89 Å². The van der Waals surface area contributed by atoms with E-state index in [1.807, 2.05) is 0 Å². The highest BCUT2D eigenvalue weighted by atomic mass is 35.5. The molecule has 0 saturated heterocycles. The Morgan fingerprint density at radius 2 is 2.54 bits per heavy atom. The molecule has 0 aliphatic heterocycles. The fraction of sp³-hybridized carbons (Fsp3) is 0.429. The van der Waals surface area contributed by atoms with Crippen LogP contribution in [0.15, 0.2) is 6.20 Å². The third kappa shape index (κ3) is 2.43. The van der Waals surface area contributed by atoms with Gasteiger partial charge in [0.25, 0.3) is 0 Å². The zero-order valence-corrected chi connectivity index (χ0v) is 7.58. The average molecular weight is 204 g/mol. The Morgan fingerprint density at radius 1 is 1.85 bits per heavy atom. The summed E-state index contributed by atoms with van der Waals surface area (Å²) in [6.07, 6.45) is 1.47. The van der Waals surface area contributed by atoms with Crippen molar-refractivity contribution in [3.05, 3.63) is 16.9 Å². The highest BCUT2D eigenvalue weighted by Gasteiger charge is 2.17. The van der Waals surface area contributed by atoms with E-state index in [0.29, 0.717) is 10.7 Å². The minimum atomic E-state index is -0.896. The van der Waals surface area contributed by atoms with Crippen molar-refractivity contribution in [2.45, 2.75) is 12.3 Å². The second kappa shape index (κ2) is 4.25. The first-order valence-corrected chi connectivity index (χ1v) is 4.13. The van der Waals surface area contributed by atoms with E-state index in [2.05, 4.69) is 10.2 Å². The summed E-state index contributed by atoms with van der Waals surface area (Å²) in [5.41, 5.74) is 6.08. The maximum absolute atomic E-state index is 10.4. The van der Waals surface area contributed by atoms with Crippen molar-refractivity contribution >= 4 is 17.6 Å². The van der Waals surface area contributed by atoms with E-state index < -0.39 is 5.97 Å². The van der Waals surface area contributed by atoms with Gasteiger partial charge in [-0.1, -0.05) is 11.6 Å². The van der Waals surface area contributed by atoms with Gasteiger partial charge in [0.2, 0.25) is 0 Å². The molecular formula is C7H10ClN3O2. The van der Waals surface area contributed by atoms with Crippen molar-refractivity contribution in [2.75, 3.05) is 6.54 Å². The topological polar surface area (TPSA) is 92.0 Å². The number of nitrogens with zero attached hydrogens (tertiary/aromatic N) is 1. The third-order valence-electron chi connectivity index (χ3n) is 1.77. The van der Waals surface area contributed by atoms with Gasteiger partial charge in [-0.05, 0) is 6.54 Å². The number of H-pyrrole nitrogens is 1. The smallest absolute Gasteiger partial charge is 0.304 e. The van der Waals surface area contributed by atoms with Crippen LogP contribution in [0.4, 0.5) is 0 Å². The fourth-order valence-corrected chi connectivity index (χ4v) is 1.35. The molecule has 0 fully saturated rings. The number of carboxylic acid groups (broad SMARTS) is 1. The lowest BCUT2D eigenvalue weighted by Crippen LogP contribution is -2.16. The van der Waals surface area contributed by atoms with Gasteiger partial charge in [0.05, 0.1) is 12.6 Å². The maximum atomic E-state index is 10.4. The van der Waals surface area contributed by atoms with E-state index in [1.54, 1.807) is 0 Å². The van der Waals surface area contributed by atoms with Crippen molar-refractivity contribution in [3.63, 3.8) is 0 Å². The van der Waals surface area contributed by atoms with E-state index in [0.717, 1.165) is 0 Å². The van der Waals surface area contributed by atoms with Gasteiger partial charge in [0, 0.05) is 11.5 Å². The summed E-state index contributed by atoms with van der Waals surface area (Å²) in [7, 11) is 0. The molecule has 1 atom stereocenters. The summed E-state index contributed by atoms with van der Waals surface area (Å²) in [6.45, 7) is 0.242. The molecule has 4 N–H and O–H groups in total. The number of aliphatic carboxylic acids is 1. The normalized spacial score (nSPS) is 12.8. The van der Waals surface area contributed by atoms with Crippen LogP contribution in [-0.2, 0) is 4.79 Å². The molecule has 0 spiro atoms. The molecule has 0 aliphatic rings. The monoisotopic (exact) mass is 203 g/mol. The van der Waals surface area contributed by atoms with Crippen molar-refractivity contribution in [1.82, 2.24) is 10.2 Å². The van der Waals surface area contributed by atoms with Gasteiger partial charge in [0.15, 0.2) is 0 Å². The van der Waals surface area contributed by atoms with E-state index in [4.69, 9.17) is 22.4 Å². The SMILES string of the molecule is NCC(CC(=O)O)c1cn[nH]c1Cl. The summed E-state index contributed by atoms with van der Waals surface area (Å²) in [5.74, 6) is -1.17. The van der Waals surface area contributed by atoms with E-state index >= 15 is 0 Å². The van der Waals surface area contributed by atoms with E-state index in [9.17, 15) is 4.79 Å². The van der Waals surface area contributed by atoms with Crippen LogP contribution in [-0.4, -0.2) is 27.8 Å². The van der Waals surface area contributed by atoms with Crippen LogP contribution in [0.25, 0.3) is 0 Å². The molecule has 1 heterocycles. The molecule has 1 aromatic rings. The first-order valence-electron chi connectivity index (χ1n) is 3.75. The summed E-state index contributed by atoms with van der Waals surface area (Å²) < 4.78 is 0. The van der Waals surface area contributed by atoms with Gasteiger partial charge in [-0.25, -0.2) is 0 Å². The summed E-state index contributed by atoms with van der Waals surface area (Å²) in [6, 6.07) is 0. The van der Waals surface area contributed by atoms with Crippen molar-refractivity contribution in [1.29, 1.82) is 0 Å². The van der Waals surface area contributed by atoms with Crippen LogP contribution in [0.3, 0.4) is 0 Å². The number of nitrogens with two attached hydrogens (primary N) is 1. The minimum absolute atomic E-state index is 0.0320. The van der Waals surface area contributed by atoms with E-state index in [1.165, 1.54) is 6.20 Å². The average Bonchev–Trinajstić information content (AvgIpc) is 2.47. The highest BCUT2D eigenvalue weighted by molar-refractivity contribution is 6.30. The standard InChI is InChI=1S/C7H10ClN3O2/c8-7-5(3-10-11-7)4(2-9)1-6(12)13/h3-4H,1-2,9H2,(H,10,11)(H,12,13). The molecule has 1 aromatic heterocycles. The second-order valence-corrected chi connectivity index (χ2v) is 3.05. The summed E-state index contributed by atoms with van der Waals surface area (Å²) in [4.78, 5) is 10.4.